The fourth-order valence-corrected chi connectivity index (χ4v) is 13.4. The van der Waals surface area contributed by atoms with Crippen molar-refractivity contribution in [3.05, 3.63) is 273 Å². The van der Waals surface area contributed by atoms with E-state index in [4.69, 9.17) is 0 Å². The topological polar surface area (TPSA) is 32.3 Å². The third kappa shape index (κ3) is 8.53. The van der Waals surface area contributed by atoms with Gasteiger partial charge in [0, 0.05) is 51.4 Å². The zero-order valence-electron chi connectivity index (χ0n) is 47.1. The number of hydrogen-bond donors (Lipinski definition) is 0. The maximum Gasteiger partial charge on any atom is 0.0644 e. The van der Waals surface area contributed by atoms with Crippen molar-refractivity contribution in [2.24, 2.45) is 0 Å². The SMILES string of the molecule is Cc1cc(C)cc(N(c2cccnc2)c2ccc3c(c2)C(C)(C)c2cc(C=Cc4ccc5c(c4)C(C)(C)c4cc(C=Cc6ccc7c(c6)C(C)(C)c6cc(N(c8cccnc8)c8cc(C)cc(C)c8)ccc6-7)ccc4-5)ccc2-3)c1. The van der Waals surface area contributed by atoms with Crippen LogP contribution < -0.4 is 9.80 Å². The molecule has 0 aliphatic heterocycles. The van der Waals surface area contributed by atoms with Crippen LogP contribution in [0.1, 0.15) is 119 Å². The minimum Gasteiger partial charge on any atom is -0.309 e. The normalized spacial score (nSPS) is 14.7. The Morgan fingerprint density at radius 1 is 0.291 bits per heavy atom. The van der Waals surface area contributed by atoms with E-state index in [1.54, 1.807) is 0 Å². The molecule has 0 fully saturated rings. The van der Waals surface area contributed by atoms with Crippen LogP contribution in [0.5, 0.6) is 0 Å². The molecule has 0 atom stereocenters. The molecule has 0 radical (unpaired) electrons. The molecule has 0 spiro atoms. The summed E-state index contributed by atoms with van der Waals surface area (Å²) in [5.41, 5.74) is 31.9. The van der Waals surface area contributed by atoms with Gasteiger partial charge in [0.25, 0.3) is 0 Å². The van der Waals surface area contributed by atoms with Gasteiger partial charge in [-0.15, -0.1) is 0 Å². The highest BCUT2D eigenvalue weighted by Gasteiger charge is 2.39. The van der Waals surface area contributed by atoms with Gasteiger partial charge in [-0.05, 0) is 212 Å². The zero-order valence-corrected chi connectivity index (χ0v) is 47.1. The molecule has 10 aromatic rings. The van der Waals surface area contributed by atoms with Crippen LogP contribution in [0.2, 0.25) is 0 Å². The third-order valence-corrected chi connectivity index (χ3v) is 17.3. The van der Waals surface area contributed by atoms with E-state index in [-0.39, 0.29) is 16.2 Å². The van der Waals surface area contributed by atoms with Crippen LogP contribution in [0, 0.1) is 27.7 Å². The minimum absolute atomic E-state index is 0.154. The van der Waals surface area contributed by atoms with E-state index in [2.05, 4.69) is 271 Å². The van der Waals surface area contributed by atoms with Crippen molar-refractivity contribution < 1.29 is 0 Å². The first-order valence-electron chi connectivity index (χ1n) is 27.8. The van der Waals surface area contributed by atoms with Crippen LogP contribution in [-0.4, -0.2) is 9.97 Å². The Morgan fingerprint density at radius 2 is 0.570 bits per heavy atom. The molecule has 0 N–H and O–H groups in total. The van der Waals surface area contributed by atoms with Gasteiger partial charge >= 0.3 is 0 Å². The Kier molecular flexibility index (Phi) is 11.7. The summed E-state index contributed by atoms with van der Waals surface area (Å²) in [6.07, 6.45) is 16.7. The maximum atomic E-state index is 4.52. The number of hydrogen-bond acceptors (Lipinski definition) is 4. The largest absolute Gasteiger partial charge is 0.309 e. The van der Waals surface area contributed by atoms with Crippen molar-refractivity contribution in [2.45, 2.75) is 85.5 Å². The lowest BCUT2D eigenvalue weighted by Crippen LogP contribution is -2.17. The Morgan fingerprint density at radius 3 is 0.848 bits per heavy atom. The van der Waals surface area contributed by atoms with Crippen LogP contribution in [0.3, 0.4) is 0 Å². The van der Waals surface area contributed by atoms with E-state index >= 15 is 0 Å². The van der Waals surface area contributed by atoms with Crippen LogP contribution in [0.4, 0.5) is 34.1 Å². The number of anilines is 6. The lowest BCUT2D eigenvalue weighted by atomic mass is 9.81. The summed E-state index contributed by atoms with van der Waals surface area (Å²) in [6.45, 7) is 22.9. The maximum absolute atomic E-state index is 4.52. The third-order valence-electron chi connectivity index (χ3n) is 17.3. The van der Waals surface area contributed by atoms with Gasteiger partial charge < -0.3 is 9.80 Å². The molecule has 0 saturated heterocycles. The summed E-state index contributed by atoms with van der Waals surface area (Å²) in [5, 5.41) is 0. The van der Waals surface area contributed by atoms with E-state index in [0.717, 1.165) is 34.1 Å². The molecule has 0 unspecified atom stereocenters. The fraction of sp³-hybridized carbons (Fsp3) is 0.173. The number of rotatable bonds is 10. The van der Waals surface area contributed by atoms with Gasteiger partial charge in [-0.2, -0.15) is 0 Å². The molecule has 4 nitrogen and oxygen atoms in total. The molecular formula is C75H66N4. The highest BCUT2D eigenvalue weighted by Crippen LogP contribution is 2.54. The standard InChI is InChI=1S/C75H66N4/c1-47-33-48(2)36-59(35-47)78(57-13-11-31-76-45-57)55-23-29-65-63-27-21-53(41-69(63)74(7,8)71(65)43-55)17-15-51-19-25-61-62-26-20-52(40-68(62)73(5,6)67(61)39-51)16-18-54-22-28-64-66-30-24-56(44-72(66)75(9,10)70(64)42-54)79(58-14-12-32-77-46-58)60-37-49(3)34-50(4)38-60/h11-46H,1-10H3. The first kappa shape index (κ1) is 49.7. The quantitative estimate of drug-likeness (QED) is 0.128. The van der Waals surface area contributed by atoms with Crippen LogP contribution in [0.25, 0.3) is 57.7 Å². The summed E-state index contributed by atoms with van der Waals surface area (Å²) in [6, 6.07) is 63.8. The second-order valence-corrected chi connectivity index (χ2v) is 24.0. The monoisotopic (exact) mass is 1020 g/mol. The smallest absolute Gasteiger partial charge is 0.0644 e. The molecular weight excluding hydrogens is 957 g/mol. The number of fused-ring (bicyclic) bond motifs is 9. The van der Waals surface area contributed by atoms with E-state index in [9.17, 15) is 0 Å². The number of pyridine rings is 2. The zero-order chi connectivity index (χ0) is 54.5. The molecule has 79 heavy (non-hydrogen) atoms. The first-order valence-corrected chi connectivity index (χ1v) is 27.8. The Labute approximate surface area is 467 Å². The second kappa shape index (κ2) is 18.7. The van der Waals surface area contributed by atoms with E-state index < -0.39 is 0 Å². The molecule has 3 aliphatic rings. The lowest BCUT2D eigenvalue weighted by Gasteiger charge is -2.28. The Hall–Kier alpha value is -8.86. The molecule has 8 aromatic carbocycles. The first-order chi connectivity index (χ1) is 38.0. The Balaban J connectivity index is 0.733. The Bertz CT molecular complexity index is 3850. The van der Waals surface area contributed by atoms with Crippen molar-refractivity contribution in [2.75, 3.05) is 9.80 Å². The lowest BCUT2D eigenvalue weighted by molar-refractivity contribution is 0.660. The number of nitrogens with zero attached hydrogens (tertiary/aromatic N) is 4. The number of aromatic nitrogens is 2. The summed E-state index contributed by atoms with van der Waals surface area (Å²) in [5.74, 6) is 0. The molecule has 3 aliphatic carbocycles. The van der Waals surface area contributed by atoms with Crippen LogP contribution in [-0.2, 0) is 16.2 Å². The van der Waals surface area contributed by atoms with Gasteiger partial charge in [0.1, 0.15) is 0 Å². The van der Waals surface area contributed by atoms with Crippen LogP contribution >= 0.6 is 0 Å². The molecule has 0 amide bonds. The molecule has 0 bridgehead atoms. The average Bonchev–Trinajstić information content (AvgIpc) is 4.01. The van der Waals surface area contributed by atoms with E-state index in [1.165, 1.54) is 111 Å². The highest BCUT2D eigenvalue weighted by molar-refractivity contribution is 5.90. The van der Waals surface area contributed by atoms with Crippen molar-refractivity contribution in [1.29, 1.82) is 0 Å². The van der Waals surface area contributed by atoms with Crippen LogP contribution in [0.15, 0.2) is 195 Å². The number of benzene rings is 8. The van der Waals surface area contributed by atoms with Gasteiger partial charge in [-0.25, -0.2) is 0 Å². The predicted molar refractivity (Wildman–Crippen MR) is 334 cm³/mol. The summed E-state index contributed by atoms with van der Waals surface area (Å²) in [4.78, 5) is 13.7. The van der Waals surface area contributed by atoms with Gasteiger partial charge in [-0.3, -0.25) is 9.97 Å². The summed E-state index contributed by atoms with van der Waals surface area (Å²) >= 11 is 0. The predicted octanol–water partition coefficient (Wildman–Crippen LogP) is 19.9. The molecule has 386 valence electrons. The van der Waals surface area contributed by atoms with E-state index in [1.807, 2.05) is 36.9 Å². The van der Waals surface area contributed by atoms with Gasteiger partial charge in [-0.1, -0.05) is 163 Å². The number of aryl methyl sites for hydroxylation is 4. The van der Waals surface area contributed by atoms with Gasteiger partial charge in [0.15, 0.2) is 0 Å². The van der Waals surface area contributed by atoms with Gasteiger partial charge in [0.2, 0.25) is 0 Å². The van der Waals surface area contributed by atoms with Gasteiger partial charge in [0.05, 0.1) is 23.8 Å². The van der Waals surface area contributed by atoms with Crippen molar-refractivity contribution >= 4 is 58.4 Å². The summed E-state index contributed by atoms with van der Waals surface area (Å²) in [7, 11) is 0. The second-order valence-electron chi connectivity index (χ2n) is 24.0. The molecule has 0 saturated carbocycles. The highest BCUT2D eigenvalue weighted by atomic mass is 15.2. The van der Waals surface area contributed by atoms with E-state index in [0.29, 0.717) is 0 Å². The molecule has 13 rings (SSSR count). The molecule has 4 heteroatoms. The fourth-order valence-electron chi connectivity index (χ4n) is 13.4. The van der Waals surface area contributed by atoms with Crippen molar-refractivity contribution in [3.8, 4) is 33.4 Å². The molecule has 2 aromatic heterocycles. The summed E-state index contributed by atoms with van der Waals surface area (Å²) < 4.78 is 0. The van der Waals surface area contributed by atoms with Crippen molar-refractivity contribution in [3.63, 3.8) is 0 Å². The average molecular weight is 1020 g/mol. The molecule has 2 heterocycles. The van der Waals surface area contributed by atoms with Crippen molar-refractivity contribution in [1.82, 2.24) is 9.97 Å². The minimum atomic E-state index is -0.187.